The summed E-state index contributed by atoms with van der Waals surface area (Å²) in [7, 11) is 5.92. The lowest BCUT2D eigenvalue weighted by Crippen LogP contribution is -2.36. The van der Waals surface area contributed by atoms with Crippen molar-refractivity contribution < 1.29 is 9.47 Å². The van der Waals surface area contributed by atoms with E-state index in [4.69, 9.17) is 14.5 Å². The number of likely N-dealkylation sites (N-methyl/N-ethyl adjacent to an activating group) is 1. The molecular formula is C19H33IN4O2. The summed E-state index contributed by atoms with van der Waals surface area (Å²) in [4.78, 5) is 7.07. The van der Waals surface area contributed by atoms with Gasteiger partial charge in [-0.05, 0) is 58.8 Å². The summed E-state index contributed by atoms with van der Waals surface area (Å²) in [5.41, 5.74) is 0.928. The standard InChI is InChI=1S/C19H32N4O2.HI/c1-6-20-19(21-13-16(23(3)4)14-8-9-14)22-15-10-11-17(24-5)18(12-15)25-7-2;/h10-12,14,16H,6-9,13H2,1-5H3,(H2,20,21,22);1H. The van der Waals surface area contributed by atoms with Gasteiger partial charge in [-0.25, -0.2) is 0 Å². The van der Waals surface area contributed by atoms with E-state index in [1.54, 1.807) is 7.11 Å². The number of halogens is 1. The lowest BCUT2D eigenvalue weighted by atomic mass is 10.2. The van der Waals surface area contributed by atoms with Crippen LogP contribution in [0.3, 0.4) is 0 Å². The van der Waals surface area contributed by atoms with E-state index in [-0.39, 0.29) is 24.0 Å². The van der Waals surface area contributed by atoms with E-state index in [0.717, 1.165) is 42.2 Å². The van der Waals surface area contributed by atoms with Crippen molar-refractivity contribution in [2.75, 3.05) is 46.2 Å². The van der Waals surface area contributed by atoms with Crippen molar-refractivity contribution >= 4 is 35.6 Å². The smallest absolute Gasteiger partial charge is 0.195 e. The highest BCUT2D eigenvalue weighted by Gasteiger charge is 2.32. The van der Waals surface area contributed by atoms with Crippen molar-refractivity contribution in [1.82, 2.24) is 10.2 Å². The molecule has 0 amide bonds. The largest absolute Gasteiger partial charge is 0.493 e. The number of hydrogen-bond donors (Lipinski definition) is 2. The summed E-state index contributed by atoms with van der Waals surface area (Å²) in [6.07, 6.45) is 2.64. The van der Waals surface area contributed by atoms with Gasteiger partial charge in [-0.15, -0.1) is 24.0 Å². The molecule has 1 atom stereocenters. The number of ether oxygens (including phenoxy) is 2. The average Bonchev–Trinajstić information content (AvgIpc) is 3.40. The van der Waals surface area contributed by atoms with Gasteiger partial charge < -0.3 is 25.0 Å². The lowest BCUT2D eigenvalue weighted by molar-refractivity contribution is 0.271. The molecule has 1 aromatic rings. The lowest BCUT2D eigenvalue weighted by Gasteiger charge is -2.23. The van der Waals surface area contributed by atoms with Crippen LogP contribution in [-0.4, -0.2) is 57.8 Å². The van der Waals surface area contributed by atoms with Crippen LogP contribution in [0.25, 0.3) is 0 Å². The molecule has 26 heavy (non-hydrogen) atoms. The van der Waals surface area contributed by atoms with Crippen molar-refractivity contribution in [2.45, 2.75) is 32.7 Å². The first-order valence-corrected chi connectivity index (χ1v) is 9.11. The Morgan fingerprint density at radius 1 is 1.27 bits per heavy atom. The molecular weight excluding hydrogens is 443 g/mol. The maximum Gasteiger partial charge on any atom is 0.195 e. The minimum Gasteiger partial charge on any atom is -0.493 e. The second kappa shape index (κ2) is 11.5. The van der Waals surface area contributed by atoms with Gasteiger partial charge >= 0.3 is 0 Å². The predicted octanol–water partition coefficient (Wildman–Crippen LogP) is 3.43. The summed E-state index contributed by atoms with van der Waals surface area (Å²) in [6, 6.07) is 6.33. The summed E-state index contributed by atoms with van der Waals surface area (Å²) < 4.78 is 11.0. The number of methoxy groups -OCH3 is 1. The number of guanidine groups is 1. The monoisotopic (exact) mass is 476 g/mol. The summed E-state index contributed by atoms with van der Waals surface area (Å²) >= 11 is 0. The number of hydrogen-bond acceptors (Lipinski definition) is 4. The zero-order chi connectivity index (χ0) is 18.2. The van der Waals surface area contributed by atoms with E-state index >= 15 is 0 Å². The predicted molar refractivity (Wildman–Crippen MR) is 119 cm³/mol. The Balaban J connectivity index is 0.00000338. The molecule has 0 saturated heterocycles. The SMILES string of the molecule is CCNC(=NCC(C1CC1)N(C)C)Nc1ccc(OC)c(OCC)c1.I. The van der Waals surface area contributed by atoms with Crippen LogP contribution in [0, 0.1) is 5.92 Å². The molecule has 1 fully saturated rings. The third-order valence-electron chi connectivity index (χ3n) is 4.34. The molecule has 0 heterocycles. The molecule has 148 valence electrons. The molecule has 1 aliphatic carbocycles. The quantitative estimate of drug-likeness (QED) is 0.325. The van der Waals surface area contributed by atoms with Crippen LogP contribution in [0.15, 0.2) is 23.2 Å². The second-order valence-electron chi connectivity index (χ2n) is 6.51. The molecule has 7 heteroatoms. The fraction of sp³-hybridized carbons (Fsp3) is 0.632. The van der Waals surface area contributed by atoms with Crippen molar-refractivity contribution in [3.8, 4) is 11.5 Å². The van der Waals surface area contributed by atoms with E-state index in [1.165, 1.54) is 12.8 Å². The maximum absolute atomic E-state index is 5.65. The normalized spacial score (nSPS) is 15.2. The topological polar surface area (TPSA) is 58.1 Å². The van der Waals surface area contributed by atoms with E-state index in [9.17, 15) is 0 Å². The molecule has 1 aromatic carbocycles. The van der Waals surface area contributed by atoms with E-state index in [1.807, 2.05) is 25.1 Å². The molecule has 1 unspecified atom stereocenters. The highest BCUT2D eigenvalue weighted by Crippen LogP contribution is 2.34. The van der Waals surface area contributed by atoms with E-state index in [2.05, 4.69) is 36.6 Å². The third kappa shape index (κ3) is 6.83. The van der Waals surface area contributed by atoms with Gasteiger partial charge in [0.1, 0.15) is 0 Å². The second-order valence-corrected chi connectivity index (χ2v) is 6.51. The fourth-order valence-corrected chi connectivity index (χ4v) is 2.87. The fourth-order valence-electron chi connectivity index (χ4n) is 2.87. The first-order valence-electron chi connectivity index (χ1n) is 9.11. The molecule has 0 aromatic heterocycles. The van der Waals surface area contributed by atoms with Crippen LogP contribution in [0.1, 0.15) is 26.7 Å². The number of nitrogens with one attached hydrogen (secondary N) is 2. The molecule has 0 aliphatic heterocycles. The highest BCUT2D eigenvalue weighted by molar-refractivity contribution is 14.0. The first kappa shape index (κ1) is 22.8. The minimum atomic E-state index is 0. The Kier molecular flexibility index (Phi) is 10.1. The summed E-state index contributed by atoms with van der Waals surface area (Å²) in [5.74, 6) is 3.04. The molecule has 2 N–H and O–H groups in total. The van der Waals surface area contributed by atoms with Crippen LogP contribution in [0.5, 0.6) is 11.5 Å². The Labute approximate surface area is 174 Å². The van der Waals surface area contributed by atoms with Crippen molar-refractivity contribution in [3.05, 3.63) is 18.2 Å². The van der Waals surface area contributed by atoms with Gasteiger partial charge in [-0.1, -0.05) is 0 Å². The highest BCUT2D eigenvalue weighted by atomic mass is 127. The van der Waals surface area contributed by atoms with Crippen LogP contribution in [0.2, 0.25) is 0 Å². The Morgan fingerprint density at radius 2 is 2.00 bits per heavy atom. The average molecular weight is 476 g/mol. The molecule has 0 bridgehead atoms. The summed E-state index contributed by atoms with van der Waals surface area (Å²) in [5, 5.41) is 6.68. The van der Waals surface area contributed by atoms with Crippen LogP contribution >= 0.6 is 24.0 Å². The van der Waals surface area contributed by atoms with Crippen LogP contribution < -0.4 is 20.1 Å². The zero-order valence-corrected chi connectivity index (χ0v) is 18.9. The summed E-state index contributed by atoms with van der Waals surface area (Å²) in [6.45, 7) is 6.24. The number of aliphatic imine (C=N–C) groups is 1. The Bertz CT molecular complexity index is 575. The van der Waals surface area contributed by atoms with Crippen molar-refractivity contribution in [3.63, 3.8) is 0 Å². The Hall–Kier alpha value is -1.22. The van der Waals surface area contributed by atoms with E-state index in [0.29, 0.717) is 12.6 Å². The van der Waals surface area contributed by atoms with Gasteiger partial charge in [-0.2, -0.15) is 0 Å². The van der Waals surface area contributed by atoms with Gasteiger partial charge in [0, 0.05) is 24.3 Å². The zero-order valence-electron chi connectivity index (χ0n) is 16.5. The van der Waals surface area contributed by atoms with Crippen LogP contribution in [0.4, 0.5) is 5.69 Å². The molecule has 2 rings (SSSR count). The van der Waals surface area contributed by atoms with Gasteiger partial charge in [0.2, 0.25) is 0 Å². The number of benzene rings is 1. The number of nitrogens with zero attached hydrogens (tertiary/aromatic N) is 2. The van der Waals surface area contributed by atoms with E-state index < -0.39 is 0 Å². The van der Waals surface area contributed by atoms with Gasteiger partial charge in [0.25, 0.3) is 0 Å². The molecule has 1 saturated carbocycles. The van der Waals surface area contributed by atoms with Gasteiger partial charge in [0.05, 0.1) is 20.3 Å². The molecule has 0 spiro atoms. The van der Waals surface area contributed by atoms with Crippen molar-refractivity contribution in [1.29, 1.82) is 0 Å². The minimum absolute atomic E-state index is 0. The molecule has 6 nitrogen and oxygen atoms in total. The molecule has 0 radical (unpaired) electrons. The first-order chi connectivity index (χ1) is 12.1. The maximum atomic E-state index is 5.65. The van der Waals surface area contributed by atoms with Crippen molar-refractivity contribution in [2.24, 2.45) is 10.9 Å². The van der Waals surface area contributed by atoms with Crippen LogP contribution in [-0.2, 0) is 0 Å². The Morgan fingerprint density at radius 3 is 2.54 bits per heavy atom. The van der Waals surface area contributed by atoms with Gasteiger partial charge in [-0.3, -0.25) is 4.99 Å². The number of anilines is 1. The third-order valence-corrected chi connectivity index (χ3v) is 4.34. The van der Waals surface area contributed by atoms with Gasteiger partial charge in [0.15, 0.2) is 17.5 Å². The molecule has 1 aliphatic rings. The number of rotatable bonds is 9.